The topological polar surface area (TPSA) is 58.6 Å². The van der Waals surface area contributed by atoms with Crippen molar-refractivity contribution in [3.8, 4) is 0 Å². The van der Waals surface area contributed by atoms with Crippen LogP contribution < -0.4 is 10.2 Å². The van der Waals surface area contributed by atoms with Crippen molar-refractivity contribution >= 4 is 17.6 Å². The van der Waals surface area contributed by atoms with Crippen molar-refractivity contribution in [2.75, 3.05) is 18.6 Å². The van der Waals surface area contributed by atoms with E-state index in [2.05, 4.69) is 5.32 Å². The zero-order valence-electron chi connectivity index (χ0n) is 9.85. The highest BCUT2D eigenvalue weighted by Gasteiger charge is 2.38. The molecule has 1 heterocycles. The molecule has 2 rings (SSSR count). The van der Waals surface area contributed by atoms with Gasteiger partial charge in [0.25, 0.3) is 5.91 Å². The molecule has 18 heavy (non-hydrogen) atoms. The monoisotopic (exact) mass is 252 g/mol. The van der Waals surface area contributed by atoms with Crippen LogP contribution in [0.25, 0.3) is 0 Å². The summed E-state index contributed by atoms with van der Waals surface area (Å²) >= 11 is 0. The number of rotatable bonds is 4. The minimum absolute atomic E-state index is 0.234. The number of imide groups is 1. The van der Waals surface area contributed by atoms with E-state index < -0.39 is 17.9 Å². The van der Waals surface area contributed by atoms with Gasteiger partial charge in [-0.15, -0.1) is 0 Å². The highest BCUT2D eigenvalue weighted by molar-refractivity contribution is 6.21. The molecule has 0 radical (unpaired) electrons. The van der Waals surface area contributed by atoms with E-state index in [9.17, 15) is 14.0 Å². The number of carbonyl (C=O) groups is 2. The third-order valence-corrected chi connectivity index (χ3v) is 2.70. The minimum atomic E-state index is -0.610. The van der Waals surface area contributed by atoms with Gasteiger partial charge in [-0.25, -0.2) is 14.1 Å². The summed E-state index contributed by atoms with van der Waals surface area (Å²) in [6.07, 6.45) is 0.396. The lowest BCUT2D eigenvalue weighted by Crippen LogP contribution is -2.31. The van der Waals surface area contributed by atoms with Gasteiger partial charge in [-0.1, -0.05) is 6.07 Å². The molecule has 1 unspecified atom stereocenters. The first-order valence-electron chi connectivity index (χ1n) is 5.52. The summed E-state index contributed by atoms with van der Waals surface area (Å²) in [5.74, 6) is -0.879. The molecule has 0 bridgehead atoms. The maximum atomic E-state index is 13.1. The Labute approximate surface area is 104 Å². The third-order valence-electron chi connectivity index (χ3n) is 2.70. The van der Waals surface area contributed by atoms with E-state index >= 15 is 0 Å². The summed E-state index contributed by atoms with van der Waals surface area (Å²) in [5.41, 5.74) is 0.234. The molecule has 1 atom stereocenters. The van der Waals surface area contributed by atoms with E-state index in [-0.39, 0.29) is 11.6 Å². The van der Waals surface area contributed by atoms with E-state index in [1.54, 1.807) is 0 Å². The molecule has 6 heteroatoms. The quantitative estimate of drug-likeness (QED) is 0.821. The number of hydrogen-bond donors (Lipinski definition) is 1. The van der Waals surface area contributed by atoms with Crippen LogP contribution in [-0.2, 0) is 9.53 Å². The van der Waals surface area contributed by atoms with Crippen LogP contribution in [0.2, 0.25) is 0 Å². The Hall–Kier alpha value is -1.95. The SMILES string of the molecule is COCCC1NC(=O)N(c2cccc(F)c2)C1=O. The molecule has 96 valence electrons. The predicted molar refractivity (Wildman–Crippen MR) is 62.7 cm³/mol. The molecule has 1 aromatic carbocycles. The van der Waals surface area contributed by atoms with Crippen LogP contribution >= 0.6 is 0 Å². The van der Waals surface area contributed by atoms with Gasteiger partial charge in [0.15, 0.2) is 0 Å². The zero-order valence-corrected chi connectivity index (χ0v) is 9.85. The largest absolute Gasteiger partial charge is 0.385 e. The van der Waals surface area contributed by atoms with Gasteiger partial charge in [0.2, 0.25) is 0 Å². The smallest absolute Gasteiger partial charge is 0.329 e. The first-order valence-corrected chi connectivity index (χ1v) is 5.52. The van der Waals surface area contributed by atoms with Crippen molar-refractivity contribution in [3.05, 3.63) is 30.1 Å². The van der Waals surface area contributed by atoms with Crippen LogP contribution in [0.4, 0.5) is 14.9 Å². The van der Waals surface area contributed by atoms with Crippen LogP contribution in [0.3, 0.4) is 0 Å². The van der Waals surface area contributed by atoms with Crippen molar-refractivity contribution in [1.29, 1.82) is 0 Å². The Bertz CT molecular complexity index is 478. The van der Waals surface area contributed by atoms with Gasteiger partial charge >= 0.3 is 6.03 Å². The molecule has 0 aliphatic carbocycles. The number of anilines is 1. The van der Waals surface area contributed by atoms with Crippen molar-refractivity contribution in [2.45, 2.75) is 12.5 Å². The summed E-state index contributed by atoms with van der Waals surface area (Å²) in [5, 5.41) is 2.54. The zero-order chi connectivity index (χ0) is 13.1. The molecule has 5 nitrogen and oxygen atoms in total. The highest BCUT2D eigenvalue weighted by Crippen LogP contribution is 2.21. The number of nitrogens with one attached hydrogen (secondary N) is 1. The fraction of sp³-hybridized carbons (Fsp3) is 0.333. The fourth-order valence-electron chi connectivity index (χ4n) is 1.82. The Morgan fingerprint density at radius 3 is 2.89 bits per heavy atom. The van der Waals surface area contributed by atoms with Gasteiger partial charge in [0, 0.05) is 20.1 Å². The molecular weight excluding hydrogens is 239 g/mol. The van der Waals surface area contributed by atoms with Gasteiger partial charge in [-0.3, -0.25) is 4.79 Å². The number of amides is 3. The number of halogens is 1. The van der Waals surface area contributed by atoms with Crippen molar-refractivity contribution in [2.24, 2.45) is 0 Å². The molecule has 3 amide bonds. The summed E-state index contributed by atoms with van der Waals surface area (Å²) in [6.45, 7) is 0.369. The second-order valence-corrected chi connectivity index (χ2v) is 3.94. The van der Waals surface area contributed by atoms with Gasteiger partial charge in [-0.2, -0.15) is 0 Å². The molecule has 1 aliphatic rings. The number of urea groups is 1. The maximum absolute atomic E-state index is 13.1. The van der Waals surface area contributed by atoms with Crippen molar-refractivity contribution < 1.29 is 18.7 Å². The minimum Gasteiger partial charge on any atom is -0.385 e. The van der Waals surface area contributed by atoms with Crippen LogP contribution in [0.15, 0.2) is 24.3 Å². The normalized spacial score (nSPS) is 19.2. The number of nitrogens with zero attached hydrogens (tertiary/aromatic N) is 1. The van der Waals surface area contributed by atoms with Crippen molar-refractivity contribution in [3.63, 3.8) is 0 Å². The van der Waals surface area contributed by atoms with Crippen LogP contribution in [0.1, 0.15) is 6.42 Å². The number of benzene rings is 1. The molecular formula is C12H13FN2O3. The lowest BCUT2D eigenvalue weighted by atomic mass is 10.2. The lowest BCUT2D eigenvalue weighted by Gasteiger charge is -2.12. The number of ether oxygens (including phenoxy) is 1. The van der Waals surface area contributed by atoms with Crippen LogP contribution in [0, 0.1) is 5.82 Å². The average Bonchev–Trinajstić information content (AvgIpc) is 2.62. The Balaban J connectivity index is 2.19. The molecule has 0 spiro atoms. The second kappa shape index (κ2) is 5.14. The molecule has 1 fully saturated rings. The average molecular weight is 252 g/mol. The van der Waals surface area contributed by atoms with Gasteiger partial charge < -0.3 is 10.1 Å². The second-order valence-electron chi connectivity index (χ2n) is 3.94. The maximum Gasteiger partial charge on any atom is 0.329 e. The third kappa shape index (κ3) is 2.33. The number of hydrogen-bond acceptors (Lipinski definition) is 3. The van der Waals surface area contributed by atoms with Gasteiger partial charge in [0.05, 0.1) is 5.69 Å². The summed E-state index contributed by atoms with van der Waals surface area (Å²) in [6, 6.07) is 4.22. The number of methoxy groups -OCH3 is 1. The molecule has 1 aromatic rings. The van der Waals surface area contributed by atoms with Gasteiger partial charge in [0.1, 0.15) is 11.9 Å². The fourth-order valence-corrected chi connectivity index (χ4v) is 1.82. The first-order chi connectivity index (χ1) is 8.63. The van der Waals surface area contributed by atoms with E-state index in [1.807, 2.05) is 0 Å². The predicted octanol–water partition coefficient (Wildman–Crippen LogP) is 1.29. The Kier molecular flexibility index (Phi) is 3.57. The van der Waals surface area contributed by atoms with E-state index in [0.29, 0.717) is 13.0 Å². The van der Waals surface area contributed by atoms with E-state index in [4.69, 9.17) is 4.74 Å². The molecule has 1 saturated heterocycles. The standard InChI is InChI=1S/C12H13FN2O3/c1-18-6-5-10-11(16)15(12(17)14-10)9-4-2-3-8(13)7-9/h2-4,7,10H,5-6H2,1H3,(H,14,17). The summed E-state index contributed by atoms with van der Waals surface area (Å²) in [4.78, 5) is 24.6. The van der Waals surface area contributed by atoms with Crippen molar-refractivity contribution in [1.82, 2.24) is 5.32 Å². The van der Waals surface area contributed by atoms with E-state index in [1.165, 1.54) is 25.3 Å². The lowest BCUT2D eigenvalue weighted by molar-refractivity contribution is -0.118. The Morgan fingerprint density at radius 1 is 1.44 bits per heavy atom. The van der Waals surface area contributed by atoms with E-state index in [0.717, 1.165) is 11.0 Å². The molecule has 0 saturated carbocycles. The van der Waals surface area contributed by atoms with Crippen LogP contribution in [-0.4, -0.2) is 31.7 Å². The highest BCUT2D eigenvalue weighted by atomic mass is 19.1. The Morgan fingerprint density at radius 2 is 2.22 bits per heavy atom. The van der Waals surface area contributed by atoms with Crippen LogP contribution in [0.5, 0.6) is 0 Å². The first kappa shape index (κ1) is 12.5. The number of carbonyl (C=O) groups excluding carboxylic acids is 2. The molecule has 0 aromatic heterocycles. The van der Waals surface area contributed by atoms with Gasteiger partial charge in [-0.05, 0) is 18.2 Å². The molecule has 1 N–H and O–H groups in total. The summed E-state index contributed by atoms with van der Waals surface area (Å²) < 4.78 is 18.0. The summed E-state index contributed by atoms with van der Waals surface area (Å²) in [7, 11) is 1.52. The molecule has 1 aliphatic heterocycles.